The zero-order valence-electron chi connectivity index (χ0n) is 13.9. The normalized spacial score (nSPS) is 10.5. The molecule has 0 heterocycles. The van der Waals surface area contributed by atoms with E-state index >= 15 is 0 Å². The number of benzene rings is 2. The number of carbonyl (C=O) groups is 2. The Morgan fingerprint density at radius 2 is 1.88 bits per heavy atom. The van der Waals surface area contributed by atoms with Crippen LogP contribution in [0.2, 0.25) is 0 Å². The molecular formula is C19H17N3O3. The molecule has 0 aromatic heterocycles. The van der Waals surface area contributed by atoms with E-state index in [0.717, 1.165) is 0 Å². The van der Waals surface area contributed by atoms with Crippen LogP contribution in [0, 0.1) is 11.3 Å². The van der Waals surface area contributed by atoms with Crippen molar-refractivity contribution in [3.05, 3.63) is 65.2 Å². The van der Waals surface area contributed by atoms with Crippen molar-refractivity contribution in [3.8, 4) is 11.8 Å². The second kappa shape index (κ2) is 8.31. The molecule has 0 spiro atoms. The summed E-state index contributed by atoms with van der Waals surface area (Å²) in [5.41, 5.74) is 1.67. The fourth-order valence-corrected chi connectivity index (χ4v) is 2.10. The Labute approximate surface area is 145 Å². The number of anilines is 1. The van der Waals surface area contributed by atoms with Crippen LogP contribution in [-0.4, -0.2) is 26.0 Å². The Hall–Kier alpha value is -3.59. The minimum Gasteiger partial charge on any atom is -0.497 e. The summed E-state index contributed by atoms with van der Waals surface area (Å²) in [6.07, 6.45) is 1.46. The van der Waals surface area contributed by atoms with Crippen molar-refractivity contribution >= 4 is 23.6 Å². The number of rotatable bonds is 5. The van der Waals surface area contributed by atoms with Crippen LogP contribution in [0.1, 0.15) is 15.9 Å². The van der Waals surface area contributed by atoms with Gasteiger partial charge in [-0.25, -0.2) is 0 Å². The number of hydrogen-bond acceptors (Lipinski definition) is 4. The topological polar surface area (TPSA) is 91.2 Å². The smallest absolute Gasteiger partial charge is 0.261 e. The molecule has 0 fully saturated rings. The van der Waals surface area contributed by atoms with Crippen LogP contribution in [0.3, 0.4) is 0 Å². The van der Waals surface area contributed by atoms with Gasteiger partial charge in [-0.15, -0.1) is 0 Å². The monoisotopic (exact) mass is 335 g/mol. The number of amides is 2. The first-order chi connectivity index (χ1) is 12.1. The number of methoxy groups -OCH3 is 1. The van der Waals surface area contributed by atoms with E-state index in [2.05, 4.69) is 10.6 Å². The number of likely N-dealkylation sites (N-methyl/N-ethyl adjacent to an activating group) is 1. The third kappa shape index (κ3) is 4.69. The SMILES string of the molecule is CNC(=O)/C(C#N)=C/c1cccc(NC(=O)c2ccc(OC)cc2)c1. The molecule has 2 rings (SSSR count). The summed E-state index contributed by atoms with van der Waals surface area (Å²) in [7, 11) is 3.02. The molecule has 0 saturated carbocycles. The van der Waals surface area contributed by atoms with E-state index in [1.54, 1.807) is 55.6 Å². The van der Waals surface area contributed by atoms with E-state index in [9.17, 15) is 9.59 Å². The molecule has 2 aromatic rings. The molecule has 126 valence electrons. The molecule has 2 N–H and O–H groups in total. The van der Waals surface area contributed by atoms with E-state index in [1.807, 2.05) is 6.07 Å². The fraction of sp³-hybridized carbons (Fsp3) is 0.105. The summed E-state index contributed by atoms with van der Waals surface area (Å²) < 4.78 is 5.06. The van der Waals surface area contributed by atoms with Crippen molar-refractivity contribution < 1.29 is 14.3 Å². The van der Waals surface area contributed by atoms with Gasteiger partial charge in [0.05, 0.1) is 7.11 Å². The minimum absolute atomic E-state index is 0.0128. The van der Waals surface area contributed by atoms with Crippen molar-refractivity contribution in [2.75, 3.05) is 19.5 Å². The van der Waals surface area contributed by atoms with Gasteiger partial charge in [-0.3, -0.25) is 9.59 Å². The Balaban J connectivity index is 2.18. The quantitative estimate of drug-likeness (QED) is 0.649. The molecular weight excluding hydrogens is 318 g/mol. The van der Waals surface area contributed by atoms with Gasteiger partial charge in [0.15, 0.2) is 0 Å². The van der Waals surface area contributed by atoms with E-state index in [4.69, 9.17) is 10.00 Å². The predicted octanol–water partition coefficient (Wildman–Crippen LogP) is 2.60. The Bertz CT molecular complexity index is 849. The lowest BCUT2D eigenvalue weighted by Crippen LogP contribution is -2.19. The third-order valence-corrected chi connectivity index (χ3v) is 3.40. The number of nitrogens with one attached hydrogen (secondary N) is 2. The van der Waals surface area contributed by atoms with Crippen molar-refractivity contribution in [2.24, 2.45) is 0 Å². The maximum absolute atomic E-state index is 12.3. The fourth-order valence-electron chi connectivity index (χ4n) is 2.10. The average Bonchev–Trinajstić information content (AvgIpc) is 2.65. The Morgan fingerprint density at radius 1 is 1.16 bits per heavy atom. The first kappa shape index (κ1) is 17.8. The maximum atomic E-state index is 12.3. The van der Waals surface area contributed by atoms with Crippen molar-refractivity contribution in [2.45, 2.75) is 0 Å². The Kier molecular flexibility index (Phi) is 5.91. The third-order valence-electron chi connectivity index (χ3n) is 3.40. The second-order valence-corrected chi connectivity index (χ2v) is 5.06. The van der Waals surface area contributed by atoms with Crippen LogP contribution in [-0.2, 0) is 4.79 Å². The van der Waals surface area contributed by atoms with Gasteiger partial charge in [0.2, 0.25) is 0 Å². The molecule has 0 aliphatic rings. The molecule has 0 aliphatic carbocycles. The summed E-state index contributed by atoms with van der Waals surface area (Å²) in [4.78, 5) is 23.8. The van der Waals surface area contributed by atoms with Gasteiger partial charge < -0.3 is 15.4 Å². The van der Waals surface area contributed by atoms with Gasteiger partial charge in [-0.05, 0) is 48.0 Å². The minimum atomic E-state index is -0.463. The average molecular weight is 335 g/mol. The zero-order chi connectivity index (χ0) is 18.2. The number of ether oxygens (including phenoxy) is 1. The highest BCUT2D eigenvalue weighted by Crippen LogP contribution is 2.16. The number of carbonyl (C=O) groups excluding carboxylic acids is 2. The molecule has 0 aliphatic heterocycles. The first-order valence-corrected chi connectivity index (χ1v) is 7.46. The highest BCUT2D eigenvalue weighted by atomic mass is 16.5. The van der Waals surface area contributed by atoms with Crippen LogP contribution >= 0.6 is 0 Å². The summed E-state index contributed by atoms with van der Waals surface area (Å²) in [5, 5.41) is 14.2. The highest BCUT2D eigenvalue weighted by Gasteiger charge is 2.08. The molecule has 2 aromatic carbocycles. The molecule has 0 unspecified atom stereocenters. The van der Waals surface area contributed by atoms with E-state index in [1.165, 1.54) is 13.1 Å². The highest BCUT2D eigenvalue weighted by molar-refractivity contribution is 6.05. The van der Waals surface area contributed by atoms with Crippen LogP contribution in [0.4, 0.5) is 5.69 Å². The van der Waals surface area contributed by atoms with E-state index in [-0.39, 0.29) is 11.5 Å². The molecule has 6 heteroatoms. The van der Waals surface area contributed by atoms with Gasteiger partial charge in [-0.2, -0.15) is 5.26 Å². The van der Waals surface area contributed by atoms with Gasteiger partial charge in [0.25, 0.3) is 11.8 Å². The van der Waals surface area contributed by atoms with Crippen LogP contribution in [0.5, 0.6) is 5.75 Å². The molecule has 0 bridgehead atoms. The summed E-state index contributed by atoms with van der Waals surface area (Å²) in [6, 6.07) is 15.5. The molecule has 25 heavy (non-hydrogen) atoms. The number of hydrogen-bond donors (Lipinski definition) is 2. The standard InChI is InChI=1S/C19H17N3O3/c1-21-18(23)15(12-20)10-13-4-3-5-16(11-13)22-19(24)14-6-8-17(25-2)9-7-14/h3-11H,1-2H3,(H,21,23)(H,22,24)/b15-10+. The lowest BCUT2D eigenvalue weighted by atomic mass is 10.1. The largest absolute Gasteiger partial charge is 0.497 e. The number of nitrogens with zero attached hydrogens (tertiary/aromatic N) is 1. The van der Waals surface area contributed by atoms with Crippen LogP contribution in [0.25, 0.3) is 6.08 Å². The molecule has 0 radical (unpaired) electrons. The van der Waals surface area contributed by atoms with Gasteiger partial charge in [-0.1, -0.05) is 12.1 Å². The van der Waals surface area contributed by atoms with Crippen molar-refractivity contribution in [1.29, 1.82) is 5.26 Å². The van der Waals surface area contributed by atoms with Gasteiger partial charge in [0, 0.05) is 18.3 Å². The maximum Gasteiger partial charge on any atom is 0.261 e. The second-order valence-electron chi connectivity index (χ2n) is 5.06. The lowest BCUT2D eigenvalue weighted by Gasteiger charge is -2.07. The number of nitriles is 1. The van der Waals surface area contributed by atoms with Gasteiger partial charge >= 0.3 is 0 Å². The summed E-state index contributed by atoms with van der Waals surface area (Å²) in [6.45, 7) is 0. The first-order valence-electron chi connectivity index (χ1n) is 7.46. The summed E-state index contributed by atoms with van der Waals surface area (Å²) in [5.74, 6) is -0.0623. The van der Waals surface area contributed by atoms with Gasteiger partial charge in [0.1, 0.15) is 17.4 Å². The van der Waals surface area contributed by atoms with Crippen LogP contribution in [0.15, 0.2) is 54.1 Å². The molecule has 0 saturated heterocycles. The van der Waals surface area contributed by atoms with Crippen molar-refractivity contribution in [3.63, 3.8) is 0 Å². The lowest BCUT2D eigenvalue weighted by molar-refractivity contribution is -0.116. The Morgan fingerprint density at radius 3 is 2.48 bits per heavy atom. The van der Waals surface area contributed by atoms with Crippen molar-refractivity contribution in [1.82, 2.24) is 5.32 Å². The molecule has 2 amide bonds. The molecule has 0 atom stereocenters. The predicted molar refractivity (Wildman–Crippen MR) is 95.0 cm³/mol. The van der Waals surface area contributed by atoms with E-state index < -0.39 is 5.91 Å². The summed E-state index contributed by atoms with van der Waals surface area (Å²) >= 11 is 0. The van der Waals surface area contributed by atoms with E-state index in [0.29, 0.717) is 22.6 Å². The van der Waals surface area contributed by atoms with Crippen LogP contribution < -0.4 is 15.4 Å². The molecule has 6 nitrogen and oxygen atoms in total. The zero-order valence-corrected chi connectivity index (χ0v) is 13.9.